The van der Waals surface area contributed by atoms with Crippen LogP contribution in [0.25, 0.3) is 61.0 Å². The molecule has 0 radical (unpaired) electrons. The summed E-state index contributed by atoms with van der Waals surface area (Å²) < 4.78 is 8.59. The van der Waals surface area contributed by atoms with Gasteiger partial charge in [-0.1, -0.05) is 54.6 Å². The van der Waals surface area contributed by atoms with Crippen molar-refractivity contribution < 1.29 is 4.42 Å². The highest BCUT2D eigenvalue weighted by atomic mass is 16.3. The molecule has 0 fully saturated rings. The van der Waals surface area contributed by atoms with Gasteiger partial charge < -0.3 is 4.42 Å². The van der Waals surface area contributed by atoms with Gasteiger partial charge in [0.25, 0.3) is 0 Å². The molecule has 0 N–H and O–H groups in total. The van der Waals surface area contributed by atoms with Gasteiger partial charge in [0.2, 0.25) is 5.71 Å². The molecular formula is C38H30N4O. The minimum Gasteiger partial charge on any atom is -0.437 e. The first-order valence-electron chi connectivity index (χ1n) is 14.6. The Morgan fingerprint density at radius 3 is 2.07 bits per heavy atom. The fourth-order valence-electron chi connectivity index (χ4n) is 6.30. The Morgan fingerprint density at radius 2 is 1.30 bits per heavy atom. The number of furan rings is 1. The highest BCUT2D eigenvalue weighted by Crippen LogP contribution is 2.38. The van der Waals surface area contributed by atoms with Crippen LogP contribution in [-0.4, -0.2) is 19.5 Å². The molecule has 0 saturated heterocycles. The van der Waals surface area contributed by atoms with E-state index in [1.807, 2.05) is 13.0 Å². The molecule has 0 bridgehead atoms. The van der Waals surface area contributed by atoms with E-state index in [2.05, 4.69) is 133 Å². The quantitative estimate of drug-likeness (QED) is 0.216. The van der Waals surface area contributed by atoms with Crippen molar-refractivity contribution in [3.8, 4) is 17.1 Å². The molecule has 0 aliphatic carbocycles. The summed E-state index contributed by atoms with van der Waals surface area (Å²) in [5.41, 5.74) is 9.10. The second kappa shape index (κ2) is 9.36. The maximum atomic E-state index is 6.33. The van der Waals surface area contributed by atoms with Gasteiger partial charge in [-0.3, -0.25) is 9.55 Å². The van der Waals surface area contributed by atoms with Gasteiger partial charge in [0, 0.05) is 38.2 Å². The predicted molar refractivity (Wildman–Crippen MR) is 175 cm³/mol. The number of hydrogen-bond donors (Lipinski definition) is 0. The second-order valence-electron chi connectivity index (χ2n) is 11.9. The van der Waals surface area contributed by atoms with Crippen LogP contribution in [0.5, 0.6) is 0 Å². The standard InChI is InChI=1S/C38H30N4O/c1-23-21-30(29-14-9-13-27-28-20-19-24(2)39-37(28)43-36(27)29)40-34(22-23)38(3,4)33-17-10-18-35(41-33)42-31-15-7-5-11-25(31)26-12-6-8-16-32(26)42/h5-22H,1-4H3. The zero-order valence-electron chi connectivity index (χ0n) is 24.6. The molecule has 0 spiro atoms. The largest absolute Gasteiger partial charge is 0.437 e. The number of benzene rings is 3. The van der Waals surface area contributed by atoms with E-state index in [1.165, 1.54) is 10.8 Å². The number of hydrogen-bond acceptors (Lipinski definition) is 4. The number of pyridine rings is 3. The average molecular weight is 559 g/mol. The van der Waals surface area contributed by atoms with Gasteiger partial charge in [0.05, 0.1) is 28.1 Å². The van der Waals surface area contributed by atoms with Crippen molar-refractivity contribution in [2.75, 3.05) is 0 Å². The van der Waals surface area contributed by atoms with Crippen molar-refractivity contribution in [1.29, 1.82) is 0 Å². The molecule has 0 aliphatic heterocycles. The van der Waals surface area contributed by atoms with Gasteiger partial charge in [0.1, 0.15) is 11.4 Å². The van der Waals surface area contributed by atoms with Crippen LogP contribution < -0.4 is 0 Å². The highest BCUT2D eigenvalue weighted by molar-refractivity contribution is 6.09. The minimum absolute atomic E-state index is 0.462. The molecule has 208 valence electrons. The number of fused-ring (bicyclic) bond motifs is 6. The Labute approximate surface area is 249 Å². The van der Waals surface area contributed by atoms with Crippen LogP contribution in [0, 0.1) is 13.8 Å². The van der Waals surface area contributed by atoms with Crippen molar-refractivity contribution in [2.45, 2.75) is 33.1 Å². The summed E-state index contributed by atoms with van der Waals surface area (Å²) in [6.45, 7) is 8.50. The van der Waals surface area contributed by atoms with E-state index in [0.29, 0.717) is 5.71 Å². The Kier molecular flexibility index (Phi) is 5.54. The number of nitrogens with zero attached hydrogens (tertiary/aromatic N) is 4. The fourth-order valence-corrected chi connectivity index (χ4v) is 6.30. The van der Waals surface area contributed by atoms with Gasteiger partial charge >= 0.3 is 0 Å². The van der Waals surface area contributed by atoms with Crippen LogP contribution in [0.1, 0.15) is 36.5 Å². The molecule has 43 heavy (non-hydrogen) atoms. The number of aromatic nitrogens is 4. The first-order valence-corrected chi connectivity index (χ1v) is 14.6. The number of aryl methyl sites for hydroxylation is 2. The third kappa shape index (κ3) is 3.96. The lowest BCUT2D eigenvalue weighted by Crippen LogP contribution is -2.23. The lowest BCUT2D eigenvalue weighted by Gasteiger charge is -2.25. The molecule has 3 aromatic carbocycles. The molecule has 8 rings (SSSR count). The maximum Gasteiger partial charge on any atom is 0.227 e. The minimum atomic E-state index is -0.462. The van der Waals surface area contributed by atoms with E-state index in [1.54, 1.807) is 0 Å². The van der Waals surface area contributed by atoms with E-state index in [-0.39, 0.29) is 0 Å². The monoisotopic (exact) mass is 558 g/mol. The summed E-state index contributed by atoms with van der Waals surface area (Å²) in [6.07, 6.45) is 0. The Bertz CT molecular complexity index is 2310. The van der Waals surface area contributed by atoms with Crippen molar-refractivity contribution in [3.63, 3.8) is 0 Å². The van der Waals surface area contributed by atoms with Gasteiger partial charge in [-0.25, -0.2) is 9.97 Å². The maximum absolute atomic E-state index is 6.33. The summed E-state index contributed by atoms with van der Waals surface area (Å²) in [6, 6.07) is 38.0. The molecule has 0 saturated carbocycles. The average Bonchev–Trinajstić information content (AvgIpc) is 3.56. The van der Waals surface area contributed by atoms with Crippen LogP contribution in [0.2, 0.25) is 0 Å². The van der Waals surface area contributed by atoms with Crippen molar-refractivity contribution in [1.82, 2.24) is 19.5 Å². The molecule has 0 unspecified atom stereocenters. The van der Waals surface area contributed by atoms with Crippen LogP contribution >= 0.6 is 0 Å². The third-order valence-corrected chi connectivity index (χ3v) is 8.57. The lowest BCUT2D eigenvalue weighted by atomic mass is 9.83. The highest BCUT2D eigenvalue weighted by Gasteiger charge is 2.28. The zero-order chi connectivity index (χ0) is 29.3. The van der Waals surface area contributed by atoms with Gasteiger partial charge in [-0.15, -0.1) is 0 Å². The lowest BCUT2D eigenvalue weighted by molar-refractivity contribution is 0.593. The number of para-hydroxylation sites is 3. The van der Waals surface area contributed by atoms with Gasteiger partial charge in [-0.05, 0) is 87.9 Å². The van der Waals surface area contributed by atoms with Crippen LogP contribution in [-0.2, 0) is 5.41 Å². The smallest absolute Gasteiger partial charge is 0.227 e. The van der Waals surface area contributed by atoms with Gasteiger partial charge in [-0.2, -0.15) is 0 Å². The molecule has 5 aromatic heterocycles. The Morgan fingerprint density at radius 1 is 0.605 bits per heavy atom. The van der Waals surface area contributed by atoms with Crippen LogP contribution in [0.15, 0.2) is 114 Å². The SMILES string of the molecule is Cc1cc(-c2cccc3c2oc2nc(C)ccc23)nc(C(C)(C)c2cccc(-n3c4ccccc4c4ccccc43)n2)c1. The first-order chi connectivity index (χ1) is 20.9. The normalized spacial score (nSPS) is 12.2. The molecule has 5 heteroatoms. The summed E-state index contributed by atoms with van der Waals surface area (Å²) in [5, 5.41) is 4.51. The van der Waals surface area contributed by atoms with E-state index in [4.69, 9.17) is 14.4 Å². The van der Waals surface area contributed by atoms with E-state index < -0.39 is 5.41 Å². The van der Waals surface area contributed by atoms with Crippen molar-refractivity contribution >= 4 is 43.9 Å². The summed E-state index contributed by atoms with van der Waals surface area (Å²) in [7, 11) is 0. The summed E-state index contributed by atoms with van der Waals surface area (Å²) in [5.74, 6) is 0.894. The Hall–Kier alpha value is -5.29. The van der Waals surface area contributed by atoms with Crippen molar-refractivity contribution in [3.05, 3.63) is 132 Å². The van der Waals surface area contributed by atoms with E-state index in [0.717, 1.165) is 67.1 Å². The first kappa shape index (κ1) is 25.4. The van der Waals surface area contributed by atoms with Gasteiger partial charge in [0.15, 0.2) is 0 Å². The zero-order valence-corrected chi connectivity index (χ0v) is 24.6. The molecular weight excluding hydrogens is 528 g/mol. The molecule has 5 heterocycles. The predicted octanol–water partition coefficient (Wildman–Crippen LogP) is 9.48. The summed E-state index contributed by atoms with van der Waals surface area (Å²) in [4.78, 5) is 15.2. The second-order valence-corrected chi connectivity index (χ2v) is 11.9. The molecule has 0 amide bonds. The topological polar surface area (TPSA) is 56.7 Å². The molecule has 0 atom stereocenters. The van der Waals surface area contributed by atoms with Crippen LogP contribution in [0.4, 0.5) is 0 Å². The molecule has 8 aromatic rings. The van der Waals surface area contributed by atoms with Crippen LogP contribution in [0.3, 0.4) is 0 Å². The molecule has 0 aliphatic rings. The van der Waals surface area contributed by atoms with E-state index in [9.17, 15) is 0 Å². The fraction of sp³-hybridized carbons (Fsp3) is 0.132. The molecule has 5 nitrogen and oxygen atoms in total. The Balaban J connectivity index is 1.27. The summed E-state index contributed by atoms with van der Waals surface area (Å²) >= 11 is 0. The van der Waals surface area contributed by atoms with E-state index >= 15 is 0 Å². The van der Waals surface area contributed by atoms with Crippen molar-refractivity contribution in [2.24, 2.45) is 0 Å². The third-order valence-electron chi connectivity index (χ3n) is 8.57. The number of rotatable bonds is 4.